The van der Waals surface area contributed by atoms with E-state index >= 15 is 0 Å². The fourth-order valence-electron chi connectivity index (χ4n) is 4.54. The van der Waals surface area contributed by atoms with Gasteiger partial charge in [0.15, 0.2) is 0 Å². The maximum atomic E-state index is 13.6. The molecule has 1 fully saturated rings. The van der Waals surface area contributed by atoms with E-state index in [0.29, 0.717) is 12.1 Å². The third kappa shape index (κ3) is 4.36. The maximum Gasteiger partial charge on any atom is 0.256 e. The first kappa shape index (κ1) is 23.3. The van der Waals surface area contributed by atoms with E-state index in [1.165, 1.54) is 0 Å². The average molecular weight is 467 g/mol. The van der Waals surface area contributed by atoms with Crippen molar-refractivity contribution in [3.05, 3.63) is 65.5 Å². The van der Waals surface area contributed by atoms with Crippen LogP contribution in [0.5, 0.6) is 0 Å². The number of carbonyl (C=O) groups is 3. The second kappa shape index (κ2) is 9.17. The predicted octanol–water partition coefficient (Wildman–Crippen LogP) is 3.28. The van der Waals surface area contributed by atoms with Crippen LogP contribution in [0, 0.1) is 5.92 Å². The summed E-state index contributed by atoms with van der Waals surface area (Å²) < 4.78 is -0.495. The molecule has 3 amide bonds. The second-order valence-corrected chi connectivity index (χ2v) is 11.0. The summed E-state index contributed by atoms with van der Waals surface area (Å²) in [5.41, 5.74) is 2.53. The lowest BCUT2D eigenvalue weighted by molar-refractivity contribution is -0.133. The van der Waals surface area contributed by atoms with Crippen molar-refractivity contribution in [3.8, 4) is 0 Å². The van der Waals surface area contributed by atoms with Crippen molar-refractivity contribution in [2.75, 3.05) is 0 Å². The Balaban J connectivity index is 1.53. The summed E-state index contributed by atoms with van der Waals surface area (Å²) in [5, 5.41) is 5.73. The van der Waals surface area contributed by atoms with E-state index in [4.69, 9.17) is 0 Å². The summed E-state index contributed by atoms with van der Waals surface area (Å²) in [6.45, 7) is 8.27. The van der Waals surface area contributed by atoms with Gasteiger partial charge in [0.25, 0.3) is 5.91 Å². The molecule has 2 aliphatic heterocycles. The summed E-state index contributed by atoms with van der Waals surface area (Å²) in [6.07, 6.45) is 4.08. The summed E-state index contributed by atoms with van der Waals surface area (Å²) in [4.78, 5) is 45.6. The Hall–Kier alpha value is -2.87. The number of aromatic nitrogens is 1. The molecule has 0 aliphatic carbocycles. The number of nitrogens with zero attached hydrogens (tertiary/aromatic N) is 2. The quantitative estimate of drug-likeness (QED) is 0.654. The Morgan fingerprint density at radius 3 is 2.58 bits per heavy atom. The van der Waals surface area contributed by atoms with Crippen LogP contribution >= 0.6 is 11.8 Å². The van der Waals surface area contributed by atoms with Crippen LogP contribution in [0.4, 0.5) is 0 Å². The number of fused-ring (bicyclic) bond motifs is 3. The zero-order valence-electron chi connectivity index (χ0n) is 19.4. The monoisotopic (exact) mass is 466 g/mol. The molecule has 0 radical (unpaired) electrons. The molecule has 174 valence electrons. The Morgan fingerprint density at radius 2 is 1.88 bits per heavy atom. The molecule has 0 spiro atoms. The van der Waals surface area contributed by atoms with Crippen molar-refractivity contribution in [2.45, 2.75) is 62.9 Å². The molecule has 1 saturated heterocycles. The average Bonchev–Trinajstić information content (AvgIpc) is 3.24. The van der Waals surface area contributed by atoms with Crippen molar-refractivity contribution in [1.29, 1.82) is 0 Å². The lowest BCUT2D eigenvalue weighted by atomic mass is 9.95. The minimum atomic E-state index is -0.690. The third-order valence-electron chi connectivity index (χ3n) is 6.55. The minimum Gasteiger partial charge on any atom is -0.350 e. The smallest absolute Gasteiger partial charge is 0.256 e. The van der Waals surface area contributed by atoms with Crippen LogP contribution in [0.1, 0.15) is 61.0 Å². The first-order valence-electron chi connectivity index (χ1n) is 11.3. The number of rotatable bonds is 7. The predicted molar refractivity (Wildman–Crippen MR) is 128 cm³/mol. The molecule has 1 aromatic heterocycles. The van der Waals surface area contributed by atoms with E-state index < -0.39 is 16.8 Å². The topological polar surface area (TPSA) is 91.4 Å². The third-order valence-corrected chi connectivity index (χ3v) is 8.09. The lowest BCUT2D eigenvalue weighted by Crippen LogP contribution is -2.58. The maximum absolute atomic E-state index is 13.6. The van der Waals surface area contributed by atoms with Gasteiger partial charge in [0.1, 0.15) is 17.5 Å². The molecule has 4 rings (SSSR count). The highest BCUT2D eigenvalue weighted by atomic mass is 32.2. The number of benzene rings is 1. The van der Waals surface area contributed by atoms with Crippen LogP contribution in [0.15, 0.2) is 48.8 Å². The molecule has 7 nitrogen and oxygen atoms in total. The van der Waals surface area contributed by atoms with Crippen molar-refractivity contribution in [2.24, 2.45) is 5.92 Å². The highest BCUT2D eigenvalue weighted by Gasteiger charge is 2.57. The van der Waals surface area contributed by atoms with Crippen molar-refractivity contribution >= 4 is 29.5 Å². The molecule has 1 unspecified atom stereocenters. The molecular weight excluding hydrogens is 436 g/mol. The van der Waals surface area contributed by atoms with Crippen molar-refractivity contribution in [3.63, 3.8) is 0 Å². The van der Waals surface area contributed by atoms with Crippen LogP contribution in [0.3, 0.4) is 0 Å². The van der Waals surface area contributed by atoms with Gasteiger partial charge in [-0.25, -0.2) is 0 Å². The number of thioether (sulfide) groups is 1. The summed E-state index contributed by atoms with van der Waals surface area (Å²) in [5.74, 6) is -0.715. The normalized spacial score (nSPS) is 22.3. The Kier molecular flexibility index (Phi) is 6.47. The van der Waals surface area contributed by atoms with E-state index in [2.05, 4.69) is 15.6 Å². The Morgan fingerprint density at radius 1 is 1.18 bits per heavy atom. The van der Waals surface area contributed by atoms with Crippen molar-refractivity contribution in [1.82, 2.24) is 20.5 Å². The van der Waals surface area contributed by atoms with Gasteiger partial charge in [-0.1, -0.05) is 38.5 Å². The number of pyridine rings is 1. The van der Waals surface area contributed by atoms with E-state index in [1.54, 1.807) is 29.1 Å². The molecule has 0 saturated carbocycles. The van der Waals surface area contributed by atoms with Gasteiger partial charge in [-0.15, -0.1) is 11.8 Å². The van der Waals surface area contributed by atoms with Gasteiger partial charge in [-0.3, -0.25) is 19.4 Å². The molecular formula is C25H30N4O3S. The first-order chi connectivity index (χ1) is 15.7. The number of nitrogens with one attached hydrogen (secondary N) is 2. The number of hydrogen-bond donors (Lipinski definition) is 2. The molecule has 0 bridgehead atoms. The molecule has 8 heteroatoms. The van der Waals surface area contributed by atoms with Gasteiger partial charge in [-0.2, -0.15) is 0 Å². The molecule has 33 heavy (non-hydrogen) atoms. The van der Waals surface area contributed by atoms with Crippen molar-refractivity contribution < 1.29 is 14.4 Å². The summed E-state index contributed by atoms with van der Waals surface area (Å²) >= 11 is 1.62. The molecule has 3 heterocycles. The van der Waals surface area contributed by atoms with Gasteiger partial charge in [-0.05, 0) is 49.1 Å². The van der Waals surface area contributed by atoms with Crippen LogP contribution in [-0.2, 0) is 16.1 Å². The first-order valence-corrected chi connectivity index (χ1v) is 12.2. The van der Waals surface area contributed by atoms with Crippen LogP contribution < -0.4 is 10.6 Å². The highest BCUT2D eigenvalue weighted by Crippen LogP contribution is 2.56. The molecule has 2 aromatic rings. The SMILES string of the molecule is CC[C@@H](C)[C@H](NC(=O)[C@H]1N2C(=O)c3ccccc3C2SC1(C)C)C(=O)NCc1ccncc1. The molecule has 2 aliphatic rings. The number of carbonyl (C=O) groups excluding carboxylic acids is 3. The fraction of sp³-hybridized carbons (Fsp3) is 0.440. The van der Waals surface area contributed by atoms with Crippen LogP contribution in [0.2, 0.25) is 0 Å². The van der Waals surface area contributed by atoms with E-state index in [-0.39, 0.29) is 29.0 Å². The summed E-state index contributed by atoms with van der Waals surface area (Å²) in [7, 11) is 0. The molecule has 4 atom stereocenters. The number of hydrogen-bond acceptors (Lipinski definition) is 5. The Bertz CT molecular complexity index is 1060. The van der Waals surface area contributed by atoms with Crippen LogP contribution in [0.25, 0.3) is 0 Å². The van der Waals surface area contributed by atoms with Gasteiger partial charge < -0.3 is 15.5 Å². The summed E-state index contributed by atoms with van der Waals surface area (Å²) in [6, 6.07) is 9.84. The minimum absolute atomic E-state index is 0.0640. The standard InChI is InChI=1S/C25H30N4O3S/c1-5-15(2)19(21(30)27-14-16-10-12-26-13-11-16)28-22(31)20-25(3,4)33-24-18-9-7-6-8-17(18)23(32)29(20)24/h6-13,15,19-20,24H,5,14H2,1-4H3,(H,27,30)(H,28,31)/t15-,19+,20-,24?/m1/s1. The Labute approximate surface area is 198 Å². The zero-order valence-corrected chi connectivity index (χ0v) is 20.2. The van der Waals surface area contributed by atoms with Gasteiger partial charge >= 0.3 is 0 Å². The highest BCUT2D eigenvalue weighted by molar-refractivity contribution is 8.01. The fourth-order valence-corrected chi connectivity index (χ4v) is 6.13. The second-order valence-electron chi connectivity index (χ2n) is 9.22. The molecule has 2 N–H and O–H groups in total. The van der Waals surface area contributed by atoms with Crippen LogP contribution in [-0.4, -0.2) is 44.4 Å². The number of amides is 3. The van der Waals surface area contributed by atoms with Gasteiger partial charge in [0, 0.05) is 29.2 Å². The van der Waals surface area contributed by atoms with E-state index in [1.807, 2.05) is 64.1 Å². The lowest BCUT2D eigenvalue weighted by Gasteiger charge is -2.32. The zero-order chi connectivity index (χ0) is 23.8. The van der Waals surface area contributed by atoms with E-state index in [0.717, 1.165) is 17.5 Å². The van der Waals surface area contributed by atoms with E-state index in [9.17, 15) is 14.4 Å². The van der Waals surface area contributed by atoms with Gasteiger partial charge in [0.2, 0.25) is 11.8 Å². The largest absolute Gasteiger partial charge is 0.350 e. The molecule has 1 aromatic carbocycles. The van der Waals surface area contributed by atoms with Gasteiger partial charge in [0.05, 0.1) is 0 Å².